The van der Waals surface area contributed by atoms with E-state index in [-0.39, 0.29) is 6.10 Å². The largest absolute Gasteiger partial charge is 0.252 e. The molecule has 0 saturated heterocycles. The smallest absolute Gasteiger partial charge is 0.0930 e. The molecule has 1 N–H and O–H groups in total. The molecular weight excluding hydrogens is 380 g/mol. The van der Waals surface area contributed by atoms with E-state index in [2.05, 4.69) is 41.5 Å². The second-order valence-corrected chi connectivity index (χ2v) is 13.4. The first-order valence-electron chi connectivity index (χ1n) is 14.0. The van der Waals surface area contributed by atoms with Crippen molar-refractivity contribution in [1.82, 2.24) is 0 Å². The molecule has 0 radical (unpaired) electrons. The lowest BCUT2D eigenvalue weighted by atomic mass is 9.44. The monoisotopic (exact) mass is 432 g/mol. The Hall–Kier alpha value is -0.0800. The van der Waals surface area contributed by atoms with Crippen LogP contribution in [0, 0.1) is 58.2 Å². The third kappa shape index (κ3) is 4.16. The Kier molecular flexibility index (Phi) is 7.20. The van der Waals surface area contributed by atoms with Gasteiger partial charge in [0.25, 0.3) is 0 Å². The molecule has 0 aromatic heterocycles. The zero-order valence-corrected chi connectivity index (χ0v) is 21.5. The molecule has 31 heavy (non-hydrogen) atoms. The van der Waals surface area contributed by atoms with E-state index in [0.29, 0.717) is 10.8 Å². The SMILES string of the molecule is CC[C@@H](CC[C@@H](C)[C@H]1CC[C@H]2[C@@H]3CCC4C[C@@H](OO)CC[C@]4(C)[C@H]3CC[C@]12C)C(C)C. The summed E-state index contributed by atoms with van der Waals surface area (Å²) in [7, 11) is 0. The predicted molar refractivity (Wildman–Crippen MR) is 130 cm³/mol. The van der Waals surface area contributed by atoms with Gasteiger partial charge in [-0.15, -0.1) is 0 Å². The van der Waals surface area contributed by atoms with Gasteiger partial charge in [-0.3, -0.25) is 5.26 Å². The van der Waals surface area contributed by atoms with Gasteiger partial charge in [0.05, 0.1) is 6.10 Å². The van der Waals surface area contributed by atoms with Crippen molar-refractivity contribution in [3.8, 4) is 0 Å². The van der Waals surface area contributed by atoms with Gasteiger partial charge >= 0.3 is 0 Å². The van der Waals surface area contributed by atoms with Crippen molar-refractivity contribution in [3.05, 3.63) is 0 Å². The molecule has 0 aliphatic heterocycles. The van der Waals surface area contributed by atoms with E-state index in [1.807, 2.05) is 0 Å². The van der Waals surface area contributed by atoms with E-state index in [1.54, 1.807) is 0 Å². The van der Waals surface area contributed by atoms with E-state index in [0.717, 1.165) is 60.2 Å². The molecule has 1 unspecified atom stereocenters. The normalized spacial score (nSPS) is 46.8. The van der Waals surface area contributed by atoms with E-state index in [9.17, 15) is 5.26 Å². The highest BCUT2D eigenvalue weighted by Gasteiger charge is 2.60. The van der Waals surface area contributed by atoms with Gasteiger partial charge in [-0.1, -0.05) is 54.4 Å². The van der Waals surface area contributed by atoms with Crippen molar-refractivity contribution in [2.75, 3.05) is 0 Å². The zero-order chi connectivity index (χ0) is 22.4. The minimum absolute atomic E-state index is 0.0953. The second kappa shape index (κ2) is 9.28. The first-order chi connectivity index (χ1) is 14.7. The molecule has 4 rings (SSSR count). The van der Waals surface area contributed by atoms with Crippen molar-refractivity contribution in [3.63, 3.8) is 0 Å². The van der Waals surface area contributed by atoms with Crippen molar-refractivity contribution >= 4 is 0 Å². The molecule has 0 amide bonds. The minimum atomic E-state index is 0.0953. The van der Waals surface area contributed by atoms with Crippen LogP contribution < -0.4 is 0 Å². The topological polar surface area (TPSA) is 29.5 Å². The van der Waals surface area contributed by atoms with Gasteiger partial charge in [-0.2, -0.15) is 0 Å². The Morgan fingerprint density at radius 1 is 0.871 bits per heavy atom. The van der Waals surface area contributed by atoms with Crippen molar-refractivity contribution in [2.24, 2.45) is 58.2 Å². The highest BCUT2D eigenvalue weighted by atomic mass is 17.1. The van der Waals surface area contributed by atoms with E-state index in [1.165, 1.54) is 64.2 Å². The van der Waals surface area contributed by atoms with E-state index < -0.39 is 0 Å². The fourth-order valence-electron chi connectivity index (χ4n) is 9.98. The maximum absolute atomic E-state index is 9.26. The molecule has 2 heteroatoms. The molecule has 4 fully saturated rings. The van der Waals surface area contributed by atoms with Gasteiger partial charge in [0.15, 0.2) is 0 Å². The lowest BCUT2D eigenvalue weighted by Gasteiger charge is -2.61. The Balaban J connectivity index is 1.44. The first kappa shape index (κ1) is 24.1. The second-order valence-electron chi connectivity index (χ2n) is 13.4. The van der Waals surface area contributed by atoms with Gasteiger partial charge in [0, 0.05) is 0 Å². The molecule has 2 nitrogen and oxygen atoms in total. The van der Waals surface area contributed by atoms with Crippen LogP contribution in [0.1, 0.15) is 119 Å². The van der Waals surface area contributed by atoms with Crippen LogP contribution in [0.25, 0.3) is 0 Å². The minimum Gasteiger partial charge on any atom is -0.252 e. The van der Waals surface area contributed by atoms with Gasteiger partial charge in [0.1, 0.15) is 0 Å². The number of fused-ring (bicyclic) bond motifs is 5. The Bertz CT molecular complexity index is 602. The molecule has 10 atom stereocenters. The van der Waals surface area contributed by atoms with Gasteiger partial charge in [-0.05, 0) is 122 Å². The van der Waals surface area contributed by atoms with Gasteiger partial charge in [-0.25, -0.2) is 4.89 Å². The highest BCUT2D eigenvalue weighted by Crippen LogP contribution is 2.68. The van der Waals surface area contributed by atoms with Crippen molar-refractivity contribution < 1.29 is 10.1 Å². The lowest BCUT2D eigenvalue weighted by molar-refractivity contribution is -0.296. The Morgan fingerprint density at radius 2 is 1.58 bits per heavy atom. The number of hydrogen-bond donors (Lipinski definition) is 1. The van der Waals surface area contributed by atoms with E-state index >= 15 is 0 Å². The molecule has 0 heterocycles. The average Bonchev–Trinajstić information content (AvgIpc) is 3.10. The summed E-state index contributed by atoms with van der Waals surface area (Å²) in [5.41, 5.74) is 1.09. The number of hydrogen-bond acceptors (Lipinski definition) is 2. The van der Waals surface area contributed by atoms with Gasteiger partial charge in [0.2, 0.25) is 0 Å². The molecule has 4 aliphatic carbocycles. The molecule has 4 saturated carbocycles. The highest BCUT2D eigenvalue weighted by molar-refractivity contribution is 5.09. The van der Waals surface area contributed by atoms with Crippen molar-refractivity contribution in [1.29, 1.82) is 0 Å². The van der Waals surface area contributed by atoms with Crippen LogP contribution in [0.5, 0.6) is 0 Å². The molecule has 0 spiro atoms. The molecule has 0 aromatic carbocycles. The maximum atomic E-state index is 9.26. The third-order valence-electron chi connectivity index (χ3n) is 12.0. The summed E-state index contributed by atoms with van der Waals surface area (Å²) >= 11 is 0. The fourth-order valence-corrected chi connectivity index (χ4v) is 9.98. The molecule has 180 valence electrons. The predicted octanol–water partition coefficient (Wildman–Crippen LogP) is 8.60. The maximum Gasteiger partial charge on any atom is 0.0930 e. The Morgan fingerprint density at radius 3 is 2.26 bits per heavy atom. The summed E-state index contributed by atoms with van der Waals surface area (Å²) < 4.78 is 0. The van der Waals surface area contributed by atoms with Crippen LogP contribution in [-0.2, 0) is 4.89 Å². The standard InChI is InChI=1S/C29H52O2/c1-7-21(19(2)3)9-8-20(4)25-12-13-26-24-11-10-22-18-23(31-30)14-16-28(22,5)27(24)15-17-29(25,26)6/h19-27,30H,7-18H2,1-6H3/t20-,21+,22?,23+,24+,25-,26+,27+,28+,29-/m1/s1. The van der Waals surface area contributed by atoms with Crippen LogP contribution in [0.15, 0.2) is 0 Å². The molecular formula is C29H52O2. The molecule has 0 bridgehead atoms. The average molecular weight is 433 g/mol. The van der Waals surface area contributed by atoms with E-state index in [4.69, 9.17) is 4.89 Å². The zero-order valence-electron chi connectivity index (χ0n) is 21.5. The van der Waals surface area contributed by atoms with Crippen LogP contribution >= 0.6 is 0 Å². The summed E-state index contributed by atoms with van der Waals surface area (Å²) in [4.78, 5) is 4.81. The summed E-state index contributed by atoms with van der Waals surface area (Å²) in [6, 6.07) is 0. The third-order valence-corrected chi connectivity index (χ3v) is 12.0. The van der Waals surface area contributed by atoms with Crippen LogP contribution in [-0.4, -0.2) is 11.4 Å². The Labute approximate surface area is 193 Å². The summed E-state index contributed by atoms with van der Waals surface area (Å²) in [5.74, 6) is 7.21. The summed E-state index contributed by atoms with van der Waals surface area (Å²) in [5, 5.41) is 9.26. The molecule has 0 aromatic rings. The van der Waals surface area contributed by atoms with Crippen LogP contribution in [0.2, 0.25) is 0 Å². The first-order valence-corrected chi connectivity index (χ1v) is 14.0. The van der Waals surface area contributed by atoms with Crippen LogP contribution in [0.4, 0.5) is 0 Å². The number of rotatable bonds is 7. The lowest BCUT2D eigenvalue weighted by Crippen LogP contribution is -2.54. The summed E-state index contributed by atoms with van der Waals surface area (Å²) in [6.07, 6.45) is 16.5. The van der Waals surface area contributed by atoms with Crippen molar-refractivity contribution in [2.45, 2.75) is 125 Å². The van der Waals surface area contributed by atoms with Crippen LogP contribution in [0.3, 0.4) is 0 Å². The summed E-state index contributed by atoms with van der Waals surface area (Å²) in [6.45, 7) is 15.2. The molecule has 4 aliphatic rings. The fraction of sp³-hybridized carbons (Fsp3) is 1.00. The quantitative estimate of drug-likeness (QED) is 0.322. The van der Waals surface area contributed by atoms with Gasteiger partial charge < -0.3 is 0 Å².